The first kappa shape index (κ1) is 18.6. The van der Waals surface area contributed by atoms with Crippen LogP contribution in [-0.2, 0) is 11.3 Å². The lowest BCUT2D eigenvalue weighted by Crippen LogP contribution is -2.49. The first-order valence-electron chi connectivity index (χ1n) is 9.32. The molecule has 0 saturated carbocycles. The highest BCUT2D eigenvalue weighted by Gasteiger charge is 2.30. The predicted molar refractivity (Wildman–Crippen MR) is 97.7 cm³/mol. The third kappa shape index (κ3) is 4.30. The number of hydrogen-bond donors (Lipinski definition) is 1. The van der Waals surface area contributed by atoms with Crippen molar-refractivity contribution in [2.75, 3.05) is 18.4 Å². The number of anilines is 1. The van der Waals surface area contributed by atoms with Crippen molar-refractivity contribution in [3.8, 4) is 0 Å². The maximum atomic E-state index is 12.7. The van der Waals surface area contributed by atoms with Gasteiger partial charge in [-0.3, -0.25) is 9.69 Å². The fourth-order valence-corrected chi connectivity index (χ4v) is 3.75. The molecule has 1 aliphatic heterocycles. The Bertz CT molecular complexity index is 753. The van der Waals surface area contributed by atoms with Gasteiger partial charge in [-0.25, -0.2) is 9.67 Å². The quantitative estimate of drug-likeness (QED) is 0.850. The van der Waals surface area contributed by atoms with Crippen LogP contribution in [-0.4, -0.2) is 49.9 Å². The fraction of sp³-hybridized carbons (Fsp3) is 0.667. The number of nitrogens with one attached hydrogen (secondary N) is 1. The summed E-state index contributed by atoms with van der Waals surface area (Å²) in [6.45, 7) is 10.4. The fourth-order valence-electron chi connectivity index (χ4n) is 3.75. The molecule has 8 nitrogen and oxygen atoms in total. The Labute approximate surface area is 153 Å². The van der Waals surface area contributed by atoms with Gasteiger partial charge < -0.3 is 9.84 Å². The molecular formula is C18H28N6O2. The standard InChI is InChI=1S/C18H28N6O2/c1-5-16(18(25)20-17-9-12(2)26-22-17)23-8-6-7-15(10-23)11-24-14(4)19-13(3)21-24/h9,15-16H,5-8,10-11H2,1-4H3,(H,20,22,25). The minimum atomic E-state index is -0.159. The van der Waals surface area contributed by atoms with Gasteiger partial charge in [0.2, 0.25) is 5.91 Å². The Kier molecular flexibility index (Phi) is 5.70. The number of nitrogens with zero attached hydrogens (tertiary/aromatic N) is 5. The highest BCUT2D eigenvalue weighted by atomic mass is 16.5. The van der Waals surface area contributed by atoms with E-state index in [0.29, 0.717) is 17.5 Å². The summed E-state index contributed by atoms with van der Waals surface area (Å²) in [7, 11) is 0. The topological polar surface area (TPSA) is 89.1 Å². The van der Waals surface area contributed by atoms with E-state index in [4.69, 9.17) is 4.52 Å². The summed E-state index contributed by atoms with van der Waals surface area (Å²) in [6, 6.07) is 1.58. The molecule has 0 bridgehead atoms. The summed E-state index contributed by atoms with van der Waals surface area (Å²) in [5, 5.41) is 11.2. The minimum absolute atomic E-state index is 0.0192. The van der Waals surface area contributed by atoms with Gasteiger partial charge in [0.1, 0.15) is 17.4 Å². The number of rotatable bonds is 6. The van der Waals surface area contributed by atoms with Gasteiger partial charge in [0.25, 0.3) is 0 Å². The van der Waals surface area contributed by atoms with Gasteiger partial charge in [-0.15, -0.1) is 0 Å². The van der Waals surface area contributed by atoms with Crippen LogP contribution < -0.4 is 5.32 Å². The number of likely N-dealkylation sites (tertiary alicyclic amines) is 1. The molecule has 1 aliphatic rings. The van der Waals surface area contributed by atoms with Crippen LogP contribution >= 0.6 is 0 Å². The molecule has 1 amide bonds. The van der Waals surface area contributed by atoms with E-state index in [-0.39, 0.29) is 11.9 Å². The zero-order valence-corrected chi connectivity index (χ0v) is 16.0. The Morgan fingerprint density at radius 3 is 2.85 bits per heavy atom. The minimum Gasteiger partial charge on any atom is -0.360 e. The van der Waals surface area contributed by atoms with E-state index < -0.39 is 0 Å². The molecule has 0 spiro atoms. The van der Waals surface area contributed by atoms with E-state index in [1.807, 2.05) is 32.4 Å². The number of aromatic nitrogens is 4. The summed E-state index contributed by atoms with van der Waals surface area (Å²) in [4.78, 5) is 19.4. The molecule has 2 atom stereocenters. The van der Waals surface area contributed by atoms with E-state index in [1.165, 1.54) is 0 Å². The van der Waals surface area contributed by atoms with E-state index in [9.17, 15) is 4.79 Å². The molecule has 3 heterocycles. The molecule has 0 aromatic carbocycles. The van der Waals surface area contributed by atoms with E-state index in [2.05, 4.69) is 25.5 Å². The lowest BCUT2D eigenvalue weighted by atomic mass is 9.96. The first-order valence-corrected chi connectivity index (χ1v) is 9.32. The normalized spacial score (nSPS) is 19.5. The van der Waals surface area contributed by atoms with Crippen LogP contribution in [0.25, 0.3) is 0 Å². The van der Waals surface area contributed by atoms with E-state index >= 15 is 0 Å². The monoisotopic (exact) mass is 360 g/mol. The zero-order valence-electron chi connectivity index (χ0n) is 16.0. The van der Waals surface area contributed by atoms with Gasteiger partial charge in [-0.1, -0.05) is 12.1 Å². The van der Waals surface area contributed by atoms with Crippen molar-refractivity contribution >= 4 is 11.7 Å². The van der Waals surface area contributed by atoms with Crippen LogP contribution in [0.15, 0.2) is 10.6 Å². The summed E-state index contributed by atoms with van der Waals surface area (Å²) >= 11 is 0. The Hall–Kier alpha value is -2.22. The number of carbonyl (C=O) groups is 1. The van der Waals surface area contributed by atoms with Crippen LogP contribution in [0.5, 0.6) is 0 Å². The van der Waals surface area contributed by atoms with Crippen molar-refractivity contribution in [3.05, 3.63) is 23.5 Å². The van der Waals surface area contributed by atoms with Crippen LogP contribution in [0.3, 0.4) is 0 Å². The van der Waals surface area contributed by atoms with Gasteiger partial charge in [0.05, 0.1) is 6.04 Å². The Morgan fingerprint density at radius 1 is 1.42 bits per heavy atom. The lowest BCUT2D eigenvalue weighted by Gasteiger charge is -2.37. The maximum absolute atomic E-state index is 12.7. The van der Waals surface area contributed by atoms with E-state index in [0.717, 1.165) is 50.5 Å². The molecule has 1 saturated heterocycles. The zero-order chi connectivity index (χ0) is 18.7. The van der Waals surface area contributed by atoms with Crippen molar-refractivity contribution < 1.29 is 9.32 Å². The maximum Gasteiger partial charge on any atom is 0.242 e. The van der Waals surface area contributed by atoms with Crippen molar-refractivity contribution in [1.29, 1.82) is 0 Å². The van der Waals surface area contributed by atoms with Crippen molar-refractivity contribution in [2.24, 2.45) is 5.92 Å². The van der Waals surface area contributed by atoms with Gasteiger partial charge in [-0.2, -0.15) is 5.10 Å². The molecule has 0 aliphatic carbocycles. The number of carbonyl (C=O) groups excluding carboxylic acids is 1. The molecule has 8 heteroatoms. The Balaban J connectivity index is 1.62. The third-order valence-electron chi connectivity index (χ3n) is 4.95. The molecule has 0 radical (unpaired) electrons. The van der Waals surface area contributed by atoms with Crippen LogP contribution in [0.2, 0.25) is 0 Å². The predicted octanol–water partition coefficient (Wildman–Crippen LogP) is 2.32. The second kappa shape index (κ2) is 7.99. The Morgan fingerprint density at radius 2 is 2.23 bits per heavy atom. The molecule has 2 aromatic heterocycles. The summed E-state index contributed by atoms with van der Waals surface area (Å²) in [5.74, 6) is 3.38. The van der Waals surface area contributed by atoms with Gasteiger partial charge in [0.15, 0.2) is 5.82 Å². The first-order chi connectivity index (χ1) is 12.5. The van der Waals surface area contributed by atoms with Crippen molar-refractivity contribution in [2.45, 2.75) is 59.5 Å². The smallest absolute Gasteiger partial charge is 0.242 e. The molecular weight excluding hydrogens is 332 g/mol. The van der Waals surface area contributed by atoms with Gasteiger partial charge in [-0.05, 0) is 52.5 Å². The van der Waals surface area contributed by atoms with Crippen molar-refractivity contribution in [3.63, 3.8) is 0 Å². The SMILES string of the molecule is CCC(C(=O)Nc1cc(C)on1)N1CCCC(Cn2nc(C)nc2C)C1. The number of amides is 1. The van der Waals surface area contributed by atoms with Crippen molar-refractivity contribution in [1.82, 2.24) is 24.8 Å². The second-order valence-electron chi connectivity index (χ2n) is 7.13. The van der Waals surface area contributed by atoms with Gasteiger partial charge >= 0.3 is 0 Å². The lowest BCUT2D eigenvalue weighted by molar-refractivity contribution is -0.122. The number of hydrogen-bond acceptors (Lipinski definition) is 6. The molecule has 26 heavy (non-hydrogen) atoms. The highest BCUT2D eigenvalue weighted by Crippen LogP contribution is 2.22. The third-order valence-corrected chi connectivity index (χ3v) is 4.95. The average Bonchev–Trinajstić information content (AvgIpc) is 3.13. The van der Waals surface area contributed by atoms with Crippen LogP contribution in [0, 0.1) is 26.7 Å². The molecule has 3 rings (SSSR count). The summed E-state index contributed by atoms with van der Waals surface area (Å²) < 4.78 is 7.02. The molecule has 1 fully saturated rings. The van der Waals surface area contributed by atoms with Crippen LogP contribution in [0.4, 0.5) is 5.82 Å². The number of piperidine rings is 1. The largest absolute Gasteiger partial charge is 0.360 e. The average molecular weight is 360 g/mol. The highest BCUT2D eigenvalue weighted by molar-refractivity contribution is 5.94. The second-order valence-corrected chi connectivity index (χ2v) is 7.13. The van der Waals surface area contributed by atoms with Gasteiger partial charge in [0, 0.05) is 19.2 Å². The molecule has 142 valence electrons. The summed E-state index contributed by atoms with van der Waals surface area (Å²) in [5.41, 5.74) is 0. The molecule has 2 unspecified atom stereocenters. The van der Waals surface area contributed by atoms with E-state index in [1.54, 1.807) is 6.07 Å². The van der Waals surface area contributed by atoms with Crippen LogP contribution in [0.1, 0.15) is 43.6 Å². The molecule has 1 N–H and O–H groups in total. The summed E-state index contributed by atoms with van der Waals surface area (Å²) in [6.07, 6.45) is 3.00. The number of aryl methyl sites for hydroxylation is 3. The molecule has 2 aromatic rings.